The van der Waals surface area contributed by atoms with Gasteiger partial charge in [0, 0.05) is 30.9 Å². The second kappa shape index (κ2) is 5.65. The molecule has 0 fully saturated rings. The molecule has 0 aromatic carbocycles. The molecule has 110 valence electrons. The fourth-order valence-corrected chi connectivity index (χ4v) is 2.96. The number of H-pyrrole nitrogens is 1. The second-order valence-corrected chi connectivity index (χ2v) is 5.26. The van der Waals surface area contributed by atoms with E-state index in [1.54, 1.807) is 10.9 Å². The summed E-state index contributed by atoms with van der Waals surface area (Å²) in [4.78, 5) is 15.8. The average molecular weight is 287 g/mol. The number of hydrogen-bond acceptors (Lipinski definition) is 3. The maximum Gasteiger partial charge on any atom is 0.404 e. The quantitative estimate of drug-likeness (QED) is 0.560. The maximum atomic E-state index is 11.6. The van der Waals surface area contributed by atoms with Crippen molar-refractivity contribution in [3.63, 3.8) is 0 Å². The molecule has 3 rings (SSSR count). The number of carboxylic acid groups (broad SMARTS) is 1. The van der Waals surface area contributed by atoms with Gasteiger partial charge in [-0.2, -0.15) is 5.10 Å². The number of aromatic amines is 1. The Morgan fingerprint density at radius 1 is 1.52 bits per heavy atom. The lowest BCUT2D eigenvalue weighted by atomic mass is 9.90. The first-order chi connectivity index (χ1) is 10.2. The summed E-state index contributed by atoms with van der Waals surface area (Å²) in [6.07, 6.45) is 6.07. The molecule has 21 heavy (non-hydrogen) atoms. The zero-order valence-electron chi connectivity index (χ0n) is 12.0. The van der Waals surface area contributed by atoms with E-state index in [2.05, 4.69) is 15.4 Å². The van der Waals surface area contributed by atoms with E-state index in [0.717, 1.165) is 42.6 Å². The van der Waals surface area contributed by atoms with Crippen molar-refractivity contribution in [1.82, 2.24) is 15.4 Å². The fraction of sp³-hybridized carbons (Fsp3) is 0.400. The van der Waals surface area contributed by atoms with Crippen LogP contribution in [0.5, 0.6) is 0 Å². The van der Waals surface area contributed by atoms with Gasteiger partial charge in [-0.05, 0) is 31.5 Å². The Hall–Kier alpha value is -2.21. The number of aromatic carboxylic acids is 1. The molecular formula is C15H19N4O2+. The monoisotopic (exact) mass is 287 g/mol. The summed E-state index contributed by atoms with van der Waals surface area (Å²) in [5, 5.41) is 15.9. The van der Waals surface area contributed by atoms with Crippen molar-refractivity contribution < 1.29 is 14.6 Å². The summed E-state index contributed by atoms with van der Waals surface area (Å²) in [5.41, 5.74) is 4.47. The maximum absolute atomic E-state index is 11.6. The number of fused-ring (bicyclic) bond motifs is 3. The van der Waals surface area contributed by atoms with Gasteiger partial charge >= 0.3 is 11.7 Å². The fourth-order valence-electron chi connectivity index (χ4n) is 2.96. The Morgan fingerprint density at radius 2 is 2.38 bits per heavy atom. The van der Waals surface area contributed by atoms with Crippen LogP contribution in [0.2, 0.25) is 0 Å². The normalized spacial score (nSPS) is 12.8. The minimum absolute atomic E-state index is 0.392. The van der Waals surface area contributed by atoms with Crippen molar-refractivity contribution in [2.75, 3.05) is 13.6 Å². The summed E-state index contributed by atoms with van der Waals surface area (Å²) in [7, 11) is 1.89. The minimum atomic E-state index is -0.866. The number of aromatic nitrogens is 3. The van der Waals surface area contributed by atoms with Crippen molar-refractivity contribution in [2.45, 2.75) is 25.8 Å². The lowest BCUT2D eigenvalue weighted by Crippen LogP contribution is -2.42. The zero-order valence-corrected chi connectivity index (χ0v) is 12.0. The third kappa shape index (κ3) is 2.42. The highest BCUT2D eigenvalue weighted by molar-refractivity contribution is 5.88. The van der Waals surface area contributed by atoms with Crippen LogP contribution in [-0.4, -0.2) is 34.8 Å². The molecule has 2 aromatic heterocycles. The first kappa shape index (κ1) is 13.8. The molecule has 0 bridgehead atoms. The van der Waals surface area contributed by atoms with Crippen LogP contribution in [0.25, 0.3) is 11.3 Å². The van der Waals surface area contributed by atoms with Gasteiger partial charge in [0.1, 0.15) is 5.69 Å². The second-order valence-electron chi connectivity index (χ2n) is 5.26. The molecule has 0 atom stereocenters. The molecule has 6 nitrogen and oxygen atoms in total. The third-order valence-electron chi connectivity index (χ3n) is 3.93. The van der Waals surface area contributed by atoms with Crippen molar-refractivity contribution in [3.05, 3.63) is 35.3 Å². The van der Waals surface area contributed by atoms with Crippen LogP contribution in [-0.2, 0) is 19.4 Å². The summed E-state index contributed by atoms with van der Waals surface area (Å²) in [6, 6.07) is 1.95. The Balaban J connectivity index is 2.05. The molecule has 0 spiro atoms. The minimum Gasteiger partial charge on any atom is -0.473 e. The van der Waals surface area contributed by atoms with Crippen LogP contribution in [0.3, 0.4) is 0 Å². The number of aryl methyl sites for hydroxylation is 2. The number of carbonyl (C=O) groups is 1. The highest BCUT2D eigenvalue weighted by Crippen LogP contribution is 2.32. The SMILES string of the molecule is CNCCC[n+]1[nH]c2c(c1C(=O)O)CCc1cnccc1-2. The van der Waals surface area contributed by atoms with Gasteiger partial charge in [-0.3, -0.25) is 4.98 Å². The molecular weight excluding hydrogens is 268 g/mol. The van der Waals surface area contributed by atoms with E-state index < -0.39 is 5.97 Å². The van der Waals surface area contributed by atoms with Crippen LogP contribution in [0, 0.1) is 0 Å². The Morgan fingerprint density at radius 3 is 3.14 bits per heavy atom. The summed E-state index contributed by atoms with van der Waals surface area (Å²) in [5.74, 6) is -0.866. The molecule has 0 aliphatic heterocycles. The first-order valence-corrected chi connectivity index (χ1v) is 7.18. The highest BCUT2D eigenvalue weighted by Gasteiger charge is 2.33. The largest absolute Gasteiger partial charge is 0.473 e. The molecule has 6 heteroatoms. The molecule has 1 aliphatic carbocycles. The number of carboxylic acids is 1. The van der Waals surface area contributed by atoms with Crippen LogP contribution in [0.4, 0.5) is 0 Å². The van der Waals surface area contributed by atoms with Crippen molar-refractivity contribution >= 4 is 5.97 Å². The molecule has 0 saturated carbocycles. The molecule has 1 aliphatic rings. The van der Waals surface area contributed by atoms with E-state index in [0.29, 0.717) is 12.2 Å². The molecule has 3 N–H and O–H groups in total. The van der Waals surface area contributed by atoms with E-state index in [-0.39, 0.29) is 0 Å². The Bertz CT molecular complexity index is 678. The van der Waals surface area contributed by atoms with E-state index in [1.165, 1.54) is 5.56 Å². The summed E-state index contributed by atoms with van der Waals surface area (Å²) in [6.45, 7) is 1.52. The van der Waals surface area contributed by atoms with E-state index >= 15 is 0 Å². The standard InChI is InChI=1S/C15H18N4O2/c1-16-6-2-8-19-14(15(20)21)12-4-3-10-9-17-7-5-11(10)13(12)18-19/h5,7,9,16H,2-4,6,8H2,1H3,(H,20,21)/p+1. The predicted molar refractivity (Wildman–Crippen MR) is 77.1 cm³/mol. The third-order valence-corrected chi connectivity index (χ3v) is 3.93. The first-order valence-electron chi connectivity index (χ1n) is 7.18. The molecule has 2 heterocycles. The van der Waals surface area contributed by atoms with Crippen molar-refractivity contribution in [3.8, 4) is 11.3 Å². The van der Waals surface area contributed by atoms with Crippen molar-refractivity contribution in [1.29, 1.82) is 0 Å². The van der Waals surface area contributed by atoms with Gasteiger partial charge in [-0.1, -0.05) is 0 Å². The Labute approximate surface area is 122 Å². The number of hydrogen-bond donors (Lipinski definition) is 3. The number of rotatable bonds is 5. The molecule has 0 saturated heterocycles. The summed E-state index contributed by atoms with van der Waals surface area (Å²) >= 11 is 0. The molecule has 2 aromatic rings. The lowest BCUT2D eigenvalue weighted by Gasteiger charge is -2.12. The number of nitrogens with zero attached hydrogens (tertiary/aromatic N) is 2. The lowest BCUT2D eigenvalue weighted by molar-refractivity contribution is -0.751. The molecule has 0 unspecified atom stereocenters. The number of nitrogens with one attached hydrogen (secondary N) is 2. The topological polar surface area (TPSA) is 81.9 Å². The Kier molecular flexibility index (Phi) is 3.70. The van der Waals surface area contributed by atoms with Gasteiger partial charge in [0.15, 0.2) is 6.54 Å². The molecule has 0 amide bonds. The van der Waals surface area contributed by atoms with Crippen LogP contribution < -0.4 is 10.00 Å². The zero-order chi connectivity index (χ0) is 14.8. The predicted octanol–water partition coefficient (Wildman–Crippen LogP) is 0.771. The van der Waals surface area contributed by atoms with Gasteiger partial charge < -0.3 is 10.4 Å². The number of pyridine rings is 1. The van der Waals surface area contributed by atoms with Gasteiger partial charge in [-0.25, -0.2) is 4.79 Å². The van der Waals surface area contributed by atoms with Gasteiger partial charge in [0.05, 0.1) is 5.56 Å². The van der Waals surface area contributed by atoms with Crippen LogP contribution >= 0.6 is 0 Å². The molecule has 0 radical (unpaired) electrons. The van der Waals surface area contributed by atoms with E-state index in [1.807, 2.05) is 19.3 Å². The van der Waals surface area contributed by atoms with E-state index in [4.69, 9.17) is 0 Å². The van der Waals surface area contributed by atoms with Crippen molar-refractivity contribution in [2.24, 2.45) is 0 Å². The average Bonchev–Trinajstić information content (AvgIpc) is 2.86. The van der Waals surface area contributed by atoms with E-state index in [9.17, 15) is 9.90 Å². The highest BCUT2D eigenvalue weighted by atomic mass is 16.4. The van der Waals surface area contributed by atoms with Crippen LogP contribution in [0.15, 0.2) is 18.5 Å². The summed E-state index contributed by atoms with van der Waals surface area (Å²) < 4.78 is 1.76. The van der Waals surface area contributed by atoms with Gasteiger partial charge in [0.25, 0.3) is 0 Å². The van der Waals surface area contributed by atoms with Gasteiger partial charge in [0.2, 0.25) is 0 Å². The van der Waals surface area contributed by atoms with Crippen LogP contribution in [0.1, 0.15) is 28.0 Å². The smallest absolute Gasteiger partial charge is 0.404 e. The van der Waals surface area contributed by atoms with Gasteiger partial charge in [-0.15, -0.1) is 4.68 Å².